The van der Waals surface area contributed by atoms with Crippen LogP contribution in [0.1, 0.15) is 35.3 Å². The first-order valence-electron chi connectivity index (χ1n) is 5.79. The molecule has 1 amide bonds. The quantitative estimate of drug-likeness (QED) is 0.755. The minimum atomic E-state index is -0.0377. The summed E-state index contributed by atoms with van der Waals surface area (Å²) in [5.41, 5.74) is 1.45. The van der Waals surface area contributed by atoms with Crippen molar-refractivity contribution < 1.29 is 4.79 Å². The Kier molecular flexibility index (Phi) is 5.44. The molecule has 0 aromatic carbocycles. The Morgan fingerprint density at radius 3 is 3.06 bits per heavy atom. The van der Waals surface area contributed by atoms with Crippen molar-refractivity contribution in [1.29, 1.82) is 0 Å². The van der Waals surface area contributed by atoms with E-state index in [1.807, 2.05) is 6.92 Å². The van der Waals surface area contributed by atoms with Gasteiger partial charge < -0.3 is 10.6 Å². The molecular weight excluding hydrogens is 240 g/mol. The van der Waals surface area contributed by atoms with E-state index in [1.165, 1.54) is 12.8 Å². The Morgan fingerprint density at radius 1 is 1.65 bits per heavy atom. The molecule has 0 spiro atoms. The number of aromatic amines is 1. The van der Waals surface area contributed by atoms with Crippen LogP contribution in [-0.2, 0) is 0 Å². The van der Waals surface area contributed by atoms with Crippen molar-refractivity contribution in [2.24, 2.45) is 0 Å². The Hall–Kier alpha value is -1.07. The molecule has 0 aliphatic carbocycles. The lowest BCUT2D eigenvalue weighted by atomic mass is 10.1. The summed E-state index contributed by atoms with van der Waals surface area (Å²) in [6.07, 6.45) is 5.04. The van der Waals surface area contributed by atoms with Crippen LogP contribution in [0.4, 0.5) is 0 Å². The number of nitrogens with one attached hydrogen (secondary N) is 3. The third kappa shape index (κ3) is 3.71. The molecule has 5 nitrogen and oxygen atoms in total. The standard InChI is InChI=1S/C11H18N4O.ClH/c1-8-10(7-14-15-8)11(16)13-6-4-9-3-2-5-12-9;/h7,9,12H,2-6H2,1H3,(H,13,16)(H,14,15);1H/t9-;/m1./s1. The molecule has 1 aliphatic rings. The Labute approximate surface area is 107 Å². The molecule has 0 bridgehead atoms. The van der Waals surface area contributed by atoms with Crippen molar-refractivity contribution >= 4 is 18.3 Å². The van der Waals surface area contributed by atoms with Crippen LogP contribution in [-0.4, -0.2) is 35.2 Å². The van der Waals surface area contributed by atoms with Crippen LogP contribution < -0.4 is 10.6 Å². The van der Waals surface area contributed by atoms with E-state index in [9.17, 15) is 4.79 Å². The number of carbonyl (C=O) groups excluding carboxylic acids is 1. The van der Waals surface area contributed by atoms with Gasteiger partial charge in [-0.1, -0.05) is 0 Å². The van der Waals surface area contributed by atoms with E-state index < -0.39 is 0 Å². The zero-order valence-electron chi connectivity index (χ0n) is 9.95. The van der Waals surface area contributed by atoms with Gasteiger partial charge in [0.1, 0.15) is 0 Å². The van der Waals surface area contributed by atoms with E-state index in [0.29, 0.717) is 11.6 Å². The Balaban J connectivity index is 0.00000144. The van der Waals surface area contributed by atoms with E-state index >= 15 is 0 Å². The topological polar surface area (TPSA) is 69.8 Å². The van der Waals surface area contributed by atoms with Gasteiger partial charge in [-0.15, -0.1) is 12.4 Å². The van der Waals surface area contributed by atoms with Gasteiger partial charge in [0.15, 0.2) is 0 Å². The highest BCUT2D eigenvalue weighted by Crippen LogP contribution is 2.08. The largest absolute Gasteiger partial charge is 0.352 e. The second-order valence-corrected chi connectivity index (χ2v) is 4.25. The first-order chi connectivity index (χ1) is 7.77. The third-order valence-electron chi connectivity index (χ3n) is 3.02. The van der Waals surface area contributed by atoms with Crippen LogP contribution in [0.2, 0.25) is 0 Å². The molecule has 6 heteroatoms. The second kappa shape index (κ2) is 6.61. The number of hydrogen-bond acceptors (Lipinski definition) is 3. The summed E-state index contributed by atoms with van der Waals surface area (Å²) in [4.78, 5) is 11.7. The fourth-order valence-electron chi connectivity index (χ4n) is 2.04. The maximum absolute atomic E-state index is 11.7. The number of aryl methyl sites for hydroxylation is 1. The van der Waals surface area contributed by atoms with Gasteiger partial charge in [-0.3, -0.25) is 9.89 Å². The first-order valence-corrected chi connectivity index (χ1v) is 5.79. The Morgan fingerprint density at radius 2 is 2.47 bits per heavy atom. The van der Waals surface area contributed by atoms with Gasteiger partial charge in [0.05, 0.1) is 11.8 Å². The summed E-state index contributed by atoms with van der Waals surface area (Å²) < 4.78 is 0. The number of rotatable bonds is 4. The van der Waals surface area contributed by atoms with E-state index in [-0.39, 0.29) is 18.3 Å². The summed E-state index contributed by atoms with van der Waals surface area (Å²) in [6, 6.07) is 0.575. The predicted octanol–water partition coefficient (Wildman–Crippen LogP) is 1.01. The van der Waals surface area contributed by atoms with Crippen LogP contribution in [0.25, 0.3) is 0 Å². The minimum Gasteiger partial charge on any atom is -0.352 e. The molecule has 1 aromatic heterocycles. The smallest absolute Gasteiger partial charge is 0.254 e. The van der Waals surface area contributed by atoms with Crippen LogP contribution in [0.3, 0.4) is 0 Å². The fraction of sp³-hybridized carbons (Fsp3) is 0.636. The summed E-state index contributed by atoms with van der Waals surface area (Å²) in [5, 5.41) is 12.9. The number of H-pyrrole nitrogens is 1. The highest BCUT2D eigenvalue weighted by atomic mass is 35.5. The van der Waals surface area contributed by atoms with E-state index in [1.54, 1.807) is 6.20 Å². The normalized spacial score (nSPS) is 18.8. The van der Waals surface area contributed by atoms with Crippen molar-refractivity contribution in [3.63, 3.8) is 0 Å². The molecule has 96 valence electrons. The Bertz CT molecular complexity index is 360. The monoisotopic (exact) mass is 258 g/mol. The highest BCUT2D eigenvalue weighted by molar-refractivity contribution is 5.94. The number of aromatic nitrogens is 2. The van der Waals surface area contributed by atoms with Gasteiger partial charge in [0, 0.05) is 18.3 Å². The average Bonchev–Trinajstić information content (AvgIpc) is 2.88. The molecule has 2 rings (SSSR count). The van der Waals surface area contributed by atoms with E-state index in [2.05, 4.69) is 20.8 Å². The van der Waals surface area contributed by atoms with Crippen molar-refractivity contribution in [1.82, 2.24) is 20.8 Å². The number of amides is 1. The predicted molar refractivity (Wildman–Crippen MR) is 68.5 cm³/mol. The summed E-state index contributed by atoms with van der Waals surface area (Å²) >= 11 is 0. The minimum absolute atomic E-state index is 0. The fourth-order valence-corrected chi connectivity index (χ4v) is 2.04. The van der Waals surface area contributed by atoms with Gasteiger partial charge in [-0.25, -0.2) is 0 Å². The SMILES string of the molecule is Cc1[nH]ncc1C(=O)NCC[C@H]1CCCN1.Cl. The lowest BCUT2D eigenvalue weighted by molar-refractivity contribution is 0.0952. The molecule has 1 saturated heterocycles. The summed E-state index contributed by atoms with van der Waals surface area (Å²) in [7, 11) is 0. The lowest BCUT2D eigenvalue weighted by Crippen LogP contribution is -2.30. The number of hydrogen-bond donors (Lipinski definition) is 3. The molecule has 0 saturated carbocycles. The molecule has 1 aliphatic heterocycles. The van der Waals surface area contributed by atoms with Crippen molar-refractivity contribution in [2.45, 2.75) is 32.2 Å². The molecular formula is C11H19ClN4O. The van der Waals surface area contributed by atoms with Gasteiger partial charge in [0.25, 0.3) is 5.91 Å². The average molecular weight is 259 g/mol. The van der Waals surface area contributed by atoms with Crippen LogP contribution >= 0.6 is 12.4 Å². The van der Waals surface area contributed by atoms with Crippen LogP contribution in [0.5, 0.6) is 0 Å². The summed E-state index contributed by atoms with van der Waals surface area (Å²) in [6.45, 7) is 3.68. The van der Waals surface area contributed by atoms with Gasteiger partial charge in [-0.05, 0) is 32.7 Å². The molecule has 3 N–H and O–H groups in total. The van der Waals surface area contributed by atoms with Gasteiger partial charge in [-0.2, -0.15) is 5.10 Å². The van der Waals surface area contributed by atoms with Gasteiger partial charge in [0.2, 0.25) is 0 Å². The maximum Gasteiger partial charge on any atom is 0.254 e. The van der Waals surface area contributed by atoms with Crippen LogP contribution in [0.15, 0.2) is 6.20 Å². The molecule has 0 unspecified atom stereocenters. The highest BCUT2D eigenvalue weighted by Gasteiger charge is 2.14. The zero-order chi connectivity index (χ0) is 11.4. The number of nitrogens with zero attached hydrogens (tertiary/aromatic N) is 1. The lowest BCUT2D eigenvalue weighted by Gasteiger charge is -2.10. The van der Waals surface area contributed by atoms with Crippen molar-refractivity contribution in [3.05, 3.63) is 17.5 Å². The molecule has 1 fully saturated rings. The van der Waals surface area contributed by atoms with Crippen molar-refractivity contribution in [2.75, 3.05) is 13.1 Å². The molecule has 1 aromatic rings. The maximum atomic E-state index is 11.7. The number of carbonyl (C=O) groups is 1. The second-order valence-electron chi connectivity index (χ2n) is 4.25. The van der Waals surface area contributed by atoms with E-state index in [0.717, 1.165) is 25.2 Å². The van der Waals surface area contributed by atoms with E-state index in [4.69, 9.17) is 0 Å². The zero-order valence-corrected chi connectivity index (χ0v) is 10.8. The molecule has 0 radical (unpaired) electrons. The third-order valence-corrected chi connectivity index (χ3v) is 3.02. The molecule has 1 atom stereocenters. The van der Waals surface area contributed by atoms with Crippen LogP contribution in [0, 0.1) is 6.92 Å². The van der Waals surface area contributed by atoms with Gasteiger partial charge >= 0.3 is 0 Å². The first kappa shape index (κ1) is 14.0. The summed E-state index contributed by atoms with van der Waals surface area (Å²) in [5.74, 6) is -0.0377. The molecule has 2 heterocycles. The number of halogens is 1. The molecule has 17 heavy (non-hydrogen) atoms. The van der Waals surface area contributed by atoms with Crippen molar-refractivity contribution in [3.8, 4) is 0 Å².